The number of benzene rings is 1. The number of hydrogen-bond donors (Lipinski definition) is 1. The van der Waals surface area contributed by atoms with Gasteiger partial charge in [-0.2, -0.15) is 0 Å². The van der Waals surface area contributed by atoms with Gasteiger partial charge >= 0.3 is 0 Å². The van der Waals surface area contributed by atoms with E-state index in [0.29, 0.717) is 0 Å². The van der Waals surface area contributed by atoms with Gasteiger partial charge in [0.15, 0.2) is 0 Å². The average molecular weight is 277 g/mol. The van der Waals surface area contributed by atoms with Crippen molar-refractivity contribution >= 4 is 11.5 Å². The van der Waals surface area contributed by atoms with Gasteiger partial charge in [0.25, 0.3) is 0 Å². The Hall–Kier alpha value is -1.46. The molecule has 0 amide bonds. The Morgan fingerprint density at radius 2 is 2.11 bits per heavy atom. The van der Waals surface area contributed by atoms with Crippen LogP contribution in [0.2, 0.25) is 0 Å². The maximum Gasteiger partial charge on any atom is 0.124 e. The van der Waals surface area contributed by atoms with E-state index in [1.54, 1.807) is 0 Å². The first-order valence-electron chi connectivity index (χ1n) is 6.48. The molecule has 0 bridgehead atoms. The van der Waals surface area contributed by atoms with E-state index in [-0.39, 0.29) is 12.1 Å². The van der Waals surface area contributed by atoms with Gasteiger partial charge < -0.3 is 10.1 Å². The maximum atomic E-state index is 5.89. The Morgan fingerprint density at radius 1 is 1.32 bits per heavy atom. The summed E-state index contributed by atoms with van der Waals surface area (Å²) < 4.78 is 9.84. The first-order valence-corrected chi connectivity index (χ1v) is 7.32. The molecule has 2 aromatic rings. The van der Waals surface area contributed by atoms with E-state index in [9.17, 15) is 0 Å². The molecule has 0 aliphatic carbocycles. The molecular weight excluding hydrogens is 258 g/mol. The van der Waals surface area contributed by atoms with Crippen LogP contribution in [-0.2, 0) is 0 Å². The normalized spacial score (nSPS) is 12.6. The number of nitrogens with zero attached hydrogens (tertiary/aromatic N) is 2. The minimum absolute atomic E-state index is 0.0266. The van der Waals surface area contributed by atoms with Gasteiger partial charge in [-0.25, -0.2) is 0 Å². The standard InChI is InChI=1S/C14H19N3OS/c1-4-15-14(12-9-19-17-16-12)11-7-5-6-8-13(11)18-10(2)3/h5-10,14-15H,4H2,1-3H3. The lowest BCUT2D eigenvalue weighted by molar-refractivity contribution is 0.238. The summed E-state index contributed by atoms with van der Waals surface area (Å²) in [4.78, 5) is 0. The summed E-state index contributed by atoms with van der Waals surface area (Å²) in [7, 11) is 0. The van der Waals surface area contributed by atoms with Crippen molar-refractivity contribution in [3.63, 3.8) is 0 Å². The second kappa shape index (κ2) is 6.63. The summed E-state index contributed by atoms with van der Waals surface area (Å²) >= 11 is 1.37. The van der Waals surface area contributed by atoms with Crippen LogP contribution < -0.4 is 10.1 Å². The molecule has 1 aromatic heterocycles. The molecule has 5 heteroatoms. The molecule has 1 atom stereocenters. The molecule has 1 aromatic carbocycles. The van der Waals surface area contributed by atoms with Crippen LogP contribution in [0.3, 0.4) is 0 Å². The highest BCUT2D eigenvalue weighted by atomic mass is 32.1. The topological polar surface area (TPSA) is 47.0 Å². The summed E-state index contributed by atoms with van der Waals surface area (Å²) in [5.74, 6) is 0.899. The van der Waals surface area contributed by atoms with Crippen LogP contribution in [0.25, 0.3) is 0 Å². The lowest BCUT2D eigenvalue weighted by Crippen LogP contribution is -2.23. The van der Waals surface area contributed by atoms with E-state index in [4.69, 9.17) is 4.74 Å². The number of ether oxygens (including phenoxy) is 1. The van der Waals surface area contributed by atoms with E-state index in [0.717, 1.165) is 23.6 Å². The van der Waals surface area contributed by atoms with Crippen molar-refractivity contribution in [1.29, 1.82) is 0 Å². The Bertz CT molecular complexity index is 499. The Kier molecular flexibility index (Phi) is 4.87. The lowest BCUT2D eigenvalue weighted by atomic mass is 10.0. The van der Waals surface area contributed by atoms with E-state index < -0.39 is 0 Å². The maximum absolute atomic E-state index is 5.89. The third kappa shape index (κ3) is 3.52. The summed E-state index contributed by atoms with van der Waals surface area (Å²) in [6, 6.07) is 8.11. The molecule has 1 unspecified atom stereocenters. The summed E-state index contributed by atoms with van der Waals surface area (Å²) in [5, 5.41) is 9.59. The van der Waals surface area contributed by atoms with Gasteiger partial charge in [-0.1, -0.05) is 29.6 Å². The molecule has 2 rings (SSSR count). The second-order valence-electron chi connectivity index (χ2n) is 4.52. The minimum Gasteiger partial charge on any atom is -0.491 e. The van der Waals surface area contributed by atoms with E-state index >= 15 is 0 Å². The van der Waals surface area contributed by atoms with Gasteiger partial charge in [0.05, 0.1) is 17.8 Å². The van der Waals surface area contributed by atoms with E-state index in [1.807, 2.05) is 37.4 Å². The molecule has 1 N–H and O–H groups in total. The first-order chi connectivity index (χ1) is 9.22. The SMILES string of the molecule is CCNC(c1csnn1)c1ccccc1OC(C)C. The number of rotatable bonds is 6. The van der Waals surface area contributed by atoms with Gasteiger partial charge in [0.2, 0.25) is 0 Å². The average Bonchev–Trinajstić information content (AvgIpc) is 2.90. The molecule has 102 valence electrons. The summed E-state index contributed by atoms with van der Waals surface area (Å²) in [6.45, 7) is 7.00. The fourth-order valence-electron chi connectivity index (χ4n) is 1.96. The van der Waals surface area contributed by atoms with Crippen molar-refractivity contribution in [3.8, 4) is 5.75 Å². The highest BCUT2D eigenvalue weighted by Crippen LogP contribution is 2.30. The molecular formula is C14H19N3OS. The van der Waals surface area contributed by atoms with Crippen molar-refractivity contribution in [2.24, 2.45) is 0 Å². The van der Waals surface area contributed by atoms with Gasteiger partial charge in [0.1, 0.15) is 5.75 Å². The minimum atomic E-state index is 0.0266. The van der Waals surface area contributed by atoms with Crippen molar-refractivity contribution in [3.05, 3.63) is 40.9 Å². The summed E-state index contributed by atoms with van der Waals surface area (Å²) in [5.41, 5.74) is 2.04. The van der Waals surface area contributed by atoms with Crippen molar-refractivity contribution < 1.29 is 4.74 Å². The quantitative estimate of drug-likeness (QED) is 0.881. The zero-order valence-corrected chi connectivity index (χ0v) is 12.3. The zero-order chi connectivity index (χ0) is 13.7. The first kappa shape index (κ1) is 14.0. The van der Waals surface area contributed by atoms with Crippen LogP contribution in [0, 0.1) is 0 Å². The van der Waals surface area contributed by atoms with Crippen LogP contribution in [0.4, 0.5) is 0 Å². The Morgan fingerprint density at radius 3 is 2.74 bits per heavy atom. The van der Waals surface area contributed by atoms with Crippen LogP contribution >= 0.6 is 11.5 Å². The fraction of sp³-hybridized carbons (Fsp3) is 0.429. The van der Waals surface area contributed by atoms with Crippen molar-refractivity contribution in [1.82, 2.24) is 14.9 Å². The molecule has 0 radical (unpaired) electrons. The zero-order valence-electron chi connectivity index (χ0n) is 11.5. The third-order valence-corrected chi connectivity index (χ3v) is 3.20. The fourth-order valence-corrected chi connectivity index (χ4v) is 2.44. The monoisotopic (exact) mass is 277 g/mol. The smallest absolute Gasteiger partial charge is 0.124 e. The van der Waals surface area contributed by atoms with E-state index in [2.05, 4.69) is 27.9 Å². The molecule has 0 aliphatic heterocycles. The molecule has 19 heavy (non-hydrogen) atoms. The molecule has 0 saturated carbocycles. The van der Waals surface area contributed by atoms with Gasteiger partial charge in [-0.3, -0.25) is 0 Å². The van der Waals surface area contributed by atoms with Crippen molar-refractivity contribution in [2.75, 3.05) is 6.54 Å². The number of nitrogens with one attached hydrogen (secondary N) is 1. The highest BCUT2D eigenvalue weighted by Gasteiger charge is 2.19. The molecule has 0 saturated heterocycles. The predicted molar refractivity (Wildman–Crippen MR) is 77.6 cm³/mol. The number of aromatic nitrogens is 2. The largest absolute Gasteiger partial charge is 0.491 e. The number of para-hydroxylation sites is 1. The van der Waals surface area contributed by atoms with Crippen LogP contribution in [0.15, 0.2) is 29.6 Å². The number of hydrogen-bond acceptors (Lipinski definition) is 5. The van der Waals surface area contributed by atoms with Gasteiger partial charge in [-0.05, 0) is 38.0 Å². The third-order valence-electron chi connectivity index (χ3n) is 2.67. The Balaban J connectivity index is 2.36. The van der Waals surface area contributed by atoms with Crippen LogP contribution in [-0.4, -0.2) is 22.2 Å². The second-order valence-corrected chi connectivity index (χ2v) is 5.13. The Labute approximate surface area is 118 Å². The molecule has 4 nitrogen and oxygen atoms in total. The molecule has 0 spiro atoms. The summed E-state index contributed by atoms with van der Waals surface area (Å²) in [6.07, 6.45) is 0.150. The van der Waals surface area contributed by atoms with Gasteiger partial charge in [-0.15, -0.1) is 5.10 Å². The lowest BCUT2D eigenvalue weighted by Gasteiger charge is -2.20. The van der Waals surface area contributed by atoms with Gasteiger partial charge in [0, 0.05) is 10.9 Å². The van der Waals surface area contributed by atoms with Crippen LogP contribution in [0.1, 0.15) is 38.1 Å². The van der Waals surface area contributed by atoms with Crippen molar-refractivity contribution in [2.45, 2.75) is 32.9 Å². The van der Waals surface area contributed by atoms with Crippen LogP contribution in [0.5, 0.6) is 5.75 Å². The highest BCUT2D eigenvalue weighted by molar-refractivity contribution is 7.03. The molecule has 1 heterocycles. The molecule has 0 aliphatic rings. The van der Waals surface area contributed by atoms with E-state index in [1.165, 1.54) is 11.5 Å². The molecule has 0 fully saturated rings. The predicted octanol–water partition coefficient (Wildman–Crippen LogP) is 3.02.